The van der Waals surface area contributed by atoms with Crippen LogP contribution in [-0.4, -0.2) is 48.0 Å². The molecule has 2 aromatic carbocycles. The Balaban J connectivity index is 0.00000294. The van der Waals surface area contributed by atoms with Crippen molar-refractivity contribution in [2.24, 2.45) is 5.73 Å². The topological polar surface area (TPSA) is 99.8 Å². The number of imidazole rings is 2. The number of rotatable bonds is 5. The third-order valence-electron chi connectivity index (χ3n) is 6.82. The molecule has 0 amide bonds. The summed E-state index contributed by atoms with van der Waals surface area (Å²) in [6.07, 6.45) is 3.64. The Kier molecular flexibility index (Phi) is 7.18. The van der Waals surface area contributed by atoms with Gasteiger partial charge in [-0.05, 0) is 44.0 Å². The molecule has 4 heterocycles. The molecule has 38 heavy (non-hydrogen) atoms. The molecule has 0 spiro atoms. The number of nitrogens with two attached hydrogens (primary N) is 1. The van der Waals surface area contributed by atoms with Gasteiger partial charge in [-0.25, -0.2) is 14.6 Å². The fraction of sp³-hybridized carbons (Fsp3) is 0.286. The zero-order chi connectivity index (χ0) is 25.4. The molecule has 1 aliphatic heterocycles. The third-order valence-corrected chi connectivity index (χ3v) is 6.82. The van der Waals surface area contributed by atoms with E-state index in [9.17, 15) is 4.79 Å². The van der Waals surface area contributed by atoms with Gasteiger partial charge in [0.25, 0.3) is 5.56 Å². The number of para-hydroxylation sites is 3. The summed E-state index contributed by atoms with van der Waals surface area (Å²) in [7, 11) is 0. The largest absolute Gasteiger partial charge is 0.341 e. The predicted octanol–water partition coefficient (Wildman–Crippen LogP) is 3.35. The van der Waals surface area contributed by atoms with E-state index in [0.29, 0.717) is 24.1 Å². The average Bonchev–Trinajstić information content (AvgIpc) is 3.48. The van der Waals surface area contributed by atoms with E-state index in [-0.39, 0.29) is 30.6 Å². The highest BCUT2D eigenvalue weighted by Crippen LogP contribution is 2.24. The second-order valence-corrected chi connectivity index (χ2v) is 9.30. The number of fused-ring (bicyclic) bond motifs is 2. The maximum Gasteiger partial charge on any atom is 0.293 e. The number of halogens is 1. The van der Waals surface area contributed by atoms with Gasteiger partial charge < -0.3 is 10.6 Å². The molecule has 0 saturated carbocycles. The van der Waals surface area contributed by atoms with Crippen LogP contribution in [-0.2, 0) is 13.1 Å². The zero-order valence-corrected chi connectivity index (χ0v) is 21.9. The van der Waals surface area contributed by atoms with Gasteiger partial charge in [0.05, 0.1) is 23.8 Å². The van der Waals surface area contributed by atoms with E-state index in [2.05, 4.69) is 26.4 Å². The Hall–Kier alpha value is -4.13. The molecular weight excluding hydrogens is 500 g/mol. The Labute approximate surface area is 226 Å². The summed E-state index contributed by atoms with van der Waals surface area (Å²) in [5, 5.41) is 4.50. The van der Waals surface area contributed by atoms with Gasteiger partial charge in [-0.1, -0.05) is 36.3 Å². The zero-order valence-electron chi connectivity index (χ0n) is 21.1. The van der Waals surface area contributed by atoms with Crippen molar-refractivity contribution in [2.45, 2.75) is 38.9 Å². The highest BCUT2D eigenvalue weighted by atomic mass is 35.5. The van der Waals surface area contributed by atoms with Crippen LogP contribution < -0.4 is 16.2 Å². The summed E-state index contributed by atoms with van der Waals surface area (Å²) in [4.78, 5) is 25.7. The van der Waals surface area contributed by atoms with Crippen LogP contribution in [0, 0.1) is 11.8 Å². The lowest BCUT2D eigenvalue weighted by molar-refractivity contribution is 0.496. The van der Waals surface area contributed by atoms with Gasteiger partial charge in [0.15, 0.2) is 0 Å². The molecule has 1 saturated heterocycles. The van der Waals surface area contributed by atoms with Crippen LogP contribution in [0.1, 0.15) is 25.6 Å². The van der Waals surface area contributed by atoms with Crippen LogP contribution in [0.2, 0.25) is 0 Å². The molecule has 9 nitrogen and oxygen atoms in total. The Morgan fingerprint density at radius 2 is 1.84 bits per heavy atom. The number of hydrogen-bond acceptors (Lipinski definition) is 6. The van der Waals surface area contributed by atoms with Crippen molar-refractivity contribution in [3.8, 4) is 17.5 Å². The first-order chi connectivity index (χ1) is 18.1. The standard InChI is InChI=1S/C28H28N8O.ClH/c1-2-3-16-34-26-23(32-28(34)33-15-9-10-20(29)18-33)17-30-35(27(26)37)19-25-31-22-13-7-8-14-24(22)36(25)21-11-5-4-6-12-21;/h4-8,11-14,17,20H,9-10,15-16,18-19,29H2,1H3;1H/t20-;/m1./s1. The van der Waals surface area contributed by atoms with E-state index in [4.69, 9.17) is 15.7 Å². The van der Waals surface area contributed by atoms with Crippen molar-refractivity contribution < 1.29 is 0 Å². The van der Waals surface area contributed by atoms with E-state index in [1.54, 1.807) is 13.1 Å². The first-order valence-corrected chi connectivity index (χ1v) is 12.5. The molecule has 3 aromatic heterocycles. The number of nitrogens with zero attached hydrogens (tertiary/aromatic N) is 7. The second-order valence-electron chi connectivity index (χ2n) is 9.30. The molecule has 5 aromatic rings. The quantitative estimate of drug-likeness (QED) is 0.351. The van der Waals surface area contributed by atoms with Crippen molar-refractivity contribution in [1.82, 2.24) is 28.9 Å². The summed E-state index contributed by atoms with van der Waals surface area (Å²) in [5.74, 6) is 7.50. The SMILES string of the molecule is CC#CCn1c(N2CCC[C@@H](N)C2)nc2cnn(Cc3nc4ccccc4n3-c3ccccc3)c(=O)c21.Cl. The van der Waals surface area contributed by atoms with E-state index in [1.165, 1.54) is 4.68 Å². The van der Waals surface area contributed by atoms with Gasteiger partial charge >= 0.3 is 0 Å². The normalized spacial score (nSPS) is 15.3. The molecule has 194 valence electrons. The molecular formula is C28H29ClN8O. The van der Waals surface area contributed by atoms with Crippen LogP contribution in [0.3, 0.4) is 0 Å². The first-order valence-electron chi connectivity index (χ1n) is 12.5. The van der Waals surface area contributed by atoms with Crippen molar-refractivity contribution in [3.05, 3.63) is 77.0 Å². The fourth-order valence-corrected chi connectivity index (χ4v) is 5.11. The predicted molar refractivity (Wildman–Crippen MR) is 152 cm³/mol. The summed E-state index contributed by atoms with van der Waals surface area (Å²) < 4.78 is 5.45. The summed E-state index contributed by atoms with van der Waals surface area (Å²) >= 11 is 0. The maximum atomic E-state index is 13.9. The number of anilines is 1. The molecule has 1 fully saturated rings. The van der Waals surface area contributed by atoms with Gasteiger partial charge in [-0.3, -0.25) is 13.9 Å². The fourth-order valence-electron chi connectivity index (χ4n) is 5.11. The van der Waals surface area contributed by atoms with Crippen molar-refractivity contribution in [1.29, 1.82) is 0 Å². The van der Waals surface area contributed by atoms with Gasteiger partial charge in [0.1, 0.15) is 23.4 Å². The minimum Gasteiger partial charge on any atom is -0.341 e. The summed E-state index contributed by atoms with van der Waals surface area (Å²) in [6, 6.07) is 18.1. The van der Waals surface area contributed by atoms with Gasteiger partial charge in [-0.2, -0.15) is 5.10 Å². The smallest absolute Gasteiger partial charge is 0.293 e. The van der Waals surface area contributed by atoms with Crippen LogP contribution in [0.15, 0.2) is 65.6 Å². The number of hydrogen-bond donors (Lipinski definition) is 1. The Morgan fingerprint density at radius 1 is 1.05 bits per heavy atom. The number of benzene rings is 2. The van der Waals surface area contributed by atoms with E-state index in [1.807, 2.05) is 59.2 Å². The minimum absolute atomic E-state index is 0. The van der Waals surface area contributed by atoms with Gasteiger partial charge in [0.2, 0.25) is 5.95 Å². The van der Waals surface area contributed by atoms with Crippen molar-refractivity contribution in [3.63, 3.8) is 0 Å². The molecule has 0 radical (unpaired) electrons. The molecule has 6 rings (SSSR count). The van der Waals surface area contributed by atoms with Crippen LogP contribution in [0.25, 0.3) is 27.8 Å². The van der Waals surface area contributed by atoms with Crippen molar-refractivity contribution >= 4 is 40.4 Å². The lowest BCUT2D eigenvalue weighted by Gasteiger charge is -2.31. The molecule has 2 N–H and O–H groups in total. The van der Waals surface area contributed by atoms with Crippen molar-refractivity contribution in [2.75, 3.05) is 18.0 Å². The average molecular weight is 529 g/mol. The number of piperidine rings is 1. The lowest BCUT2D eigenvalue weighted by atomic mass is 10.1. The highest BCUT2D eigenvalue weighted by Gasteiger charge is 2.24. The number of aromatic nitrogens is 6. The lowest BCUT2D eigenvalue weighted by Crippen LogP contribution is -2.44. The van der Waals surface area contributed by atoms with Crippen LogP contribution in [0.4, 0.5) is 5.95 Å². The molecule has 10 heteroatoms. The molecule has 0 unspecified atom stereocenters. The Morgan fingerprint density at radius 3 is 2.63 bits per heavy atom. The van der Waals surface area contributed by atoms with Crippen LogP contribution in [0.5, 0.6) is 0 Å². The summed E-state index contributed by atoms with van der Waals surface area (Å²) in [6.45, 7) is 3.93. The summed E-state index contributed by atoms with van der Waals surface area (Å²) in [5.41, 5.74) is 9.90. The van der Waals surface area contributed by atoms with E-state index in [0.717, 1.165) is 47.9 Å². The van der Waals surface area contributed by atoms with Crippen LogP contribution >= 0.6 is 12.4 Å². The molecule has 0 bridgehead atoms. The first kappa shape index (κ1) is 25.5. The second kappa shape index (κ2) is 10.7. The maximum absolute atomic E-state index is 13.9. The van der Waals surface area contributed by atoms with E-state index < -0.39 is 0 Å². The Bertz CT molecular complexity index is 1710. The molecule has 1 aliphatic rings. The third kappa shape index (κ3) is 4.53. The monoisotopic (exact) mass is 528 g/mol. The minimum atomic E-state index is -0.220. The van der Waals surface area contributed by atoms with E-state index >= 15 is 0 Å². The highest BCUT2D eigenvalue weighted by molar-refractivity contribution is 5.85. The molecule has 0 aliphatic carbocycles. The van der Waals surface area contributed by atoms with Gasteiger partial charge in [0, 0.05) is 24.8 Å². The molecule has 1 atom stereocenters. The van der Waals surface area contributed by atoms with Gasteiger partial charge in [-0.15, -0.1) is 18.3 Å².